The van der Waals surface area contributed by atoms with Crippen LogP contribution in [0.15, 0.2) is 30.5 Å². The minimum atomic E-state index is -4.47. The number of halogens is 4. The minimum absolute atomic E-state index is 0.223. The summed E-state index contributed by atoms with van der Waals surface area (Å²) in [4.78, 5) is 6.59. The van der Waals surface area contributed by atoms with Crippen LogP contribution in [0.3, 0.4) is 0 Å². The molecular formula is C24H26F4N8O2. The van der Waals surface area contributed by atoms with Crippen molar-refractivity contribution in [3.8, 4) is 17.0 Å². The van der Waals surface area contributed by atoms with Gasteiger partial charge in [0.25, 0.3) is 0 Å². The summed E-state index contributed by atoms with van der Waals surface area (Å²) in [6.07, 6.45) is -3.28. The predicted octanol–water partition coefficient (Wildman–Crippen LogP) is 3.50. The molecule has 0 aliphatic carbocycles. The minimum Gasteiger partial charge on any atom is -0.479 e. The number of piperidine rings is 1. The van der Waals surface area contributed by atoms with E-state index in [2.05, 4.69) is 30.6 Å². The lowest BCUT2D eigenvalue weighted by Crippen LogP contribution is -2.57. The maximum atomic E-state index is 15.0. The third kappa shape index (κ3) is 4.30. The molecule has 1 N–H and O–H groups in total. The number of likely N-dealkylation sites (tertiary alicyclic amines) is 1. The van der Waals surface area contributed by atoms with Crippen LogP contribution >= 0.6 is 0 Å². The molecular weight excluding hydrogens is 508 g/mol. The van der Waals surface area contributed by atoms with Crippen molar-refractivity contribution >= 4 is 22.5 Å². The van der Waals surface area contributed by atoms with Crippen LogP contribution in [0.1, 0.15) is 19.4 Å². The van der Waals surface area contributed by atoms with Gasteiger partial charge in [-0.1, -0.05) is 11.3 Å². The van der Waals surface area contributed by atoms with Gasteiger partial charge in [-0.05, 0) is 37.1 Å². The van der Waals surface area contributed by atoms with Crippen LogP contribution in [0.4, 0.5) is 23.5 Å². The van der Waals surface area contributed by atoms with E-state index < -0.39 is 24.4 Å². The SMILES string of the molecule is COc1nc(N[C@@H]2CCN(C3COC3)C[C@@H]2F)nn2ccc(-c3ccc4nnn([C@H](C)C(F)(F)F)c4c3)c12. The van der Waals surface area contributed by atoms with Gasteiger partial charge < -0.3 is 14.8 Å². The van der Waals surface area contributed by atoms with Crippen LogP contribution in [0, 0.1) is 0 Å². The second kappa shape index (κ2) is 9.34. The molecule has 2 aliphatic rings. The van der Waals surface area contributed by atoms with Crippen LogP contribution in [0.2, 0.25) is 0 Å². The summed E-state index contributed by atoms with van der Waals surface area (Å²) in [6, 6.07) is 4.74. The highest BCUT2D eigenvalue weighted by atomic mass is 19.4. The fourth-order valence-electron chi connectivity index (χ4n) is 4.98. The normalized spacial score (nSPS) is 22.1. The molecule has 1 aromatic carbocycles. The Morgan fingerprint density at radius 1 is 1.21 bits per heavy atom. The Morgan fingerprint density at radius 3 is 2.71 bits per heavy atom. The molecule has 2 saturated heterocycles. The Balaban J connectivity index is 1.30. The number of alkyl halides is 4. The topological polar surface area (TPSA) is 94.6 Å². The van der Waals surface area contributed by atoms with Crippen molar-refractivity contribution in [3.05, 3.63) is 30.5 Å². The molecule has 6 rings (SSSR count). The van der Waals surface area contributed by atoms with Gasteiger partial charge in [0, 0.05) is 24.8 Å². The first-order valence-electron chi connectivity index (χ1n) is 12.3. The Kier molecular flexibility index (Phi) is 6.10. The number of hydrogen-bond donors (Lipinski definition) is 1. The number of anilines is 1. The fraction of sp³-hybridized carbons (Fsp3) is 0.500. The Morgan fingerprint density at radius 2 is 2.03 bits per heavy atom. The maximum absolute atomic E-state index is 15.0. The molecule has 14 heteroatoms. The number of aromatic nitrogens is 6. The van der Waals surface area contributed by atoms with Gasteiger partial charge in [-0.3, -0.25) is 4.90 Å². The maximum Gasteiger partial charge on any atom is 0.410 e. The molecule has 202 valence electrons. The number of nitrogens with zero attached hydrogens (tertiary/aromatic N) is 7. The summed E-state index contributed by atoms with van der Waals surface area (Å²) in [7, 11) is 1.47. The number of ether oxygens (including phenoxy) is 2. The van der Waals surface area contributed by atoms with Gasteiger partial charge >= 0.3 is 6.18 Å². The molecule has 38 heavy (non-hydrogen) atoms. The molecule has 3 atom stereocenters. The molecule has 0 saturated carbocycles. The zero-order chi connectivity index (χ0) is 26.6. The lowest BCUT2D eigenvalue weighted by Gasteiger charge is -2.42. The number of methoxy groups -OCH3 is 1. The van der Waals surface area contributed by atoms with Gasteiger partial charge in [0.1, 0.15) is 23.2 Å². The van der Waals surface area contributed by atoms with E-state index in [0.29, 0.717) is 48.3 Å². The van der Waals surface area contributed by atoms with Crippen molar-refractivity contribution in [2.45, 2.75) is 43.8 Å². The van der Waals surface area contributed by atoms with Crippen molar-refractivity contribution in [2.75, 3.05) is 38.7 Å². The molecule has 3 aromatic heterocycles. The van der Waals surface area contributed by atoms with Gasteiger partial charge in [0.2, 0.25) is 11.8 Å². The van der Waals surface area contributed by atoms with Crippen LogP contribution in [0.5, 0.6) is 5.88 Å². The monoisotopic (exact) mass is 534 g/mol. The summed E-state index contributed by atoms with van der Waals surface area (Å²) in [5, 5.41) is 15.2. The summed E-state index contributed by atoms with van der Waals surface area (Å²) in [6.45, 7) is 3.39. The first-order chi connectivity index (χ1) is 18.2. The summed E-state index contributed by atoms with van der Waals surface area (Å²) < 4.78 is 68.3. The average molecular weight is 535 g/mol. The quantitative estimate of drug-likeness (QED) is 0.376. The summed E-state index contributed by atoms with van der Waals surface area (Å²) in [5.74, 6) is 0.471. The highest BCUT2D eigenvalue weighted by Crippen LogP contribution is 2.35. The summed E-state index contributed by atoms with van der Waals surface area (Å²) in [5.41, 5.74) is 2.40. The third-order valence-corrected chi connectivity index (χ3v) is 7.32. The number of rotatable bonds is 6. The zero-order valence-corrected chi connectivity index (χ0v) is 20.7. The smallest absolute Gasteiger partial charge is 0.410 e. The first-order valence-corrected chi connectivity index (χ1v) is 12.3. The van der Waals surface area contributed by atoms with Crippen molar-refractivity contribution in [1.29, 1.82) is 0 Å². The van der Waals surface area contributed by atoms with E-state index in [1.807, 2.05) is 0 Å². The lowest BCUT2D eigenvalue weighted by atomic mass is 10.0. The van der Waals surface area contributed by atoms with Crippen LogP contribution in [-0.2, 0) is 4.74 Å². The molecule has 0 spiro atoms. The van der Waals surface area contributed by atoms with E-state index in [1.165, 1.54) is 7.11 Å². The Labute approximate surface area is 214 Å². The van der Waals surface area contributed by atoms with Crippen molar-refractivity contribution in [2.24, 2.45) is 0 Å². The molecule has 2 aliphatic heterocycles. The van der Waals surface area contributed by atoms with Crippen molar-refractivity contribution in [1.82, 2.24) is 34.5 Å². The second-order valence-electron chi connectivity index (χ2n) is 9.66. The number of hydrogen-bond acceptors (Lipinski definition) is 8. The van der Waals surface area contributed by atoms with Crippen molar-refractivity contribution < 1.29 is 27.0 Å². The van der Waals surface area contributed by atoms with Gasteiger partial charge in [-0.15, -0.1) is 10.2 Å². The van der Waals surface area contributed by atoms with Crippen LogP contribution in [-0.4, -0.2) is 92.3 Å². The van der Waals surface area contributed by atoms with Gasteiger partial charge in [-0.2, -0.15) is 18.2 Å². The molecule has 2 fully saturated rings. The molecule has 5 heterocycles. The second-order valence-corrected chi connectivity index (χ2v) is 9.66. The molecule has 10 nitrogen and oxygen atoms in total. The third-order valence-electron chi connectivity index (χ3n) is 7.32. The molecule has 0 amide bonds. The molecule has 0 unspecified atom stereocenters. The first kappa shape index (κ1) is 24.8. The van der Waals surface area contributed by atoms with Crippen molar-refractivity contribution in [3.63, 3.8) is 0 Å². The van der Waals surface area contributed by atoms with Gasteiger partial charge in [0.15, 0.2) is 0 Å². The Hall–Kier alpha value is -3.52. The van der Waals surface area contributed by atoms with Crippen LogP contribution < -0.4 is 10.1 Å². The van der Waals surface area contributed by atoms with E-state index in [0.717, 1.165) is 18.2 Å². The average Bonchev–Trinajstić information content (AvgIpc) is 3.47. The number of benzene rings is 1. The predicted molar refractivity (Wildman–Crippen MR) is 130 cm³/mol. The molecule has 0 bridgehead atoms. The highest BCUT2D eigenvalue weighted by Gasteiger charge is 2.39. The van der Waals surface area contributed by atoms with Gasteiger partial charge in [-0.25, -0.2) is 13.6 Å². The molecule has 0 radical (unpaired) electrons. The largest absolute Gasteiger partial charge is 0.479 e. The van der Waals surface area contributed by atoms with E-state index in [-0.39, 0.29) is 23.4 Å². The van der Waals surface area contributed by atoms with Crippen LogP contribution in [0.25, 0.3) is 27.7 Å². The van der Waals surface area contributed by atoms with Gasteiger partial charge in [0.05, 0.1) is 37.9 Å². The van der Waals surface area contributed by atoms with E-state index in [4.69, 9.17) is 9.47 Å². The fourth-order valence-corrected chi connectivity index (χ4v) is 4.98. The Bertz CT molecular complexity index is 1470. The van der Waals surface area contributed by atoms with E-state index in [9.17, 15) is 17.6 Å². The standard InChI is InChI=1S/C24H26F4N8O2/c1-13(24(26,27)28)36-20-9-14(3-4-19(20)31-33-36)16-5-8-35-21(16)22(37-2)30-23(32-35)29-18-6-7-34(10-17(18)25)15-11-38-12-15/h3-5,8-9,13,15,17-18H,6-7,10-12H2,1-2H3,(H,29,32)/t13-,17+,18-/m1/s1. The summed E-state index contributed by atoms with van der Waals surface area (Å²) >= 11 is 0. The van der Waals surface area contributed by atoms with E-state index >= 15 is 0 Å². The zero-order valence-electron chi connectivity index (χ0n) is 20.7. The number of fused-ring (bicyclic) bond motifs is 2. The highest BCUT2D eigenvalue weighted by molar-refractivity contribution is 5.89. The van der Waals surface area contributed by atoms with E-state index in [1.54, 1.807) is 35.0 Å². The lowest BCUT2D eigenvalue weighted by molar-refractivity contribution is -0.164. The molecule has 4 aromatic rings. The number of nitrogens with one attached hydrogen (secondary N) is 1.